The molecule has 0 saturated heterocycles. The van der Waals surface area contributed by atoms with Gasteiger partial charge in [-0.15, -0.1) is 0 Å². The molecule has 4 rings (SSSR count). The molecule has 1 aliphatic rings. The molecule has 2 heterocycles. The molecule has 0 atom stereocenters. The SMILES string of the molecule is CNc1cc(C)cc2c1Nc1c(N=c3n(C)ccn3C)cc(C(C)(C)C)cc1C2(C)C. The Bertz CT molecular complexity index is 1210. The van der Waals surface area contributed by atoms with Crippen molar-refractivity contribution in [1.82, 2.24) is 9.13 Å². The molecule has 2 N–H and O–H groups in total. The summed E-state index contributed by atoms with van der Waals surface area (Å²) < 4.78 is 4.11. The molecule has 164 valence electrons. The van der Waals surface area contributed by atoms with Crippen LogP contribution in [-0.4, -0.2) is 16.2 Å². The van der Waals surface area contributed by atoms with Crippen LogP contribution in [0, 0.1) is 6.92 Å². The van der Waals surface area contributed by atoms with Gasteiger partial charge in [-0.2, -0.15) is 0 Å². The van der Waals surface area contributed by atoms with E-state index in [-0.39, 0.29) is 10.8 Å². The first-order valence-corrected chi connectivity index (χ1v) is 10.9. The highest BCUT2D eigenvalue weighted by molar-refractivity contribution is 5.89. The zero-order valence-corrected chi connectivity index (χ0v) is 20.3. The lowest BCUT2D eigenvalue weighted by molar-refractivity contribution is 0.581. The Kier molecular flexibility index (Phi) is 4.84. The molecule has 2 aromatic carbocycles. The number of imidazole rings is 1. The zero-order chi connectivity index (χ0) is 22.7. The van der Waals surface area contributed by atoms with Crippen molar-refractivity contribution in [1.29, 1.82) is 0 Å². The molecule has 5 heteroatoms. The highest BCUT2D eigenvalue weighted by Gasteiger charge is 2.36. The molecule has 3 aromatic rings. The maximum Gasteiger partial charge on any atom is 0.209 e. The van der Waals surface area contributed by atoms with E-state index < -0.39 is 0 Å². The predicted molar refractivity (Wildman–Crippen MR) is 131 cm³/mol. The van der Waals surface area contributed by atoms with E-state index in [0.29, 0.717) is 0 Å². The monoisotopic (exact) mass is 417 g/mol. The van der Waals surface area contributed by atoms with Crippen LogP contribution in [0.1, 0.15) is 56.9 Å². The van der Waals surface area contributed by atoms with Crippen molar-refractivity contribution in [3.63, 3.8) is 0 Å². The van der Waals surface area contributed by atoms with Gasteiger partial charge in [-0.1, -0.05) is 46.8 Å². The number of anilines is 3. The van der Waals surface area contributed by atoms with E-state index in [1.54, 1.807) is 0 Å². The summed E-state index contributed by atoms with van der Waals surface area (Å²) in [6.45, 7) is 13.6. The number of hydrogen-bond donors (Lipinski definition) is 2. The Morgan fingerprint density at radius 1 is 0.935 bits per heavy atom. The summed E-state index contributed by atoms with van der Waals surface area (Å²) in [6.07, 6.45) is 4.07. The number of aryl methyl sites for hydroxylation is 3. The number of fused-ring (bicyclic) bond motifs is 2. The van der Waals surface area contributed by atoms with Crippen molar-refractivity contribution in [3.8, 4) is 0 Å². The van der Waals surface area contributed by atoms with Crippen LogP contribution in [0.4, 0.5) is 22.7 Å². The van der Waals surface area contributed by atoms with Gasteiger partial charge in [0.1, 0.15) is 0 Å². The van der Waals surface area contributed by atoms with Crippen molar-refractivity contribution in [2.75, 3.05) is 17.7 Å². The van der Waals surface area contributed by atoms with Gasteiger partial charge in [0, 0.05) is 39.0 Å². The number of rotatable bonds is 2. The Balaban J connectivity index is 2.07. The number of hydrogen-bond acceptors (Lipinski definition) is 3. The molecule has 1 aromatic heterocycles. The smallest absolute Gasteiger partial charge is 0.209 e. The fourth-order valence-corrected chi connectivity index (χ4v) is 4.50. The van der Waals surface area contributed by atoms with Crippen molar-refractivity contribution in [3.05, 3.63) is 64.5 Å². The maximum absolute atomic E-state index is 5.14. The Morgan fingerprint density at radius 3 is 2.13 bits per heavy atom. The van der Waals surface area contributed by atoms with E-state index in [1.807, 2.05) is 33.5 Å². The number of nitrogens with zero attached hydrogens (tertiary/aromatic N) is 3. The molecule has 0 radical (unpaired) electrons. The van der Waals surface area contributed by atoms with Gasteiger partial charge in [0.2, 0.25) is 5.62 Å². The highest BCUT2D eigenvalue weighted by Crippen LogP contribution is 2.52. The van der Waals surface area contributed by atoms with E-state index in [4.69, 9.17) is 4.99 Å². The van der Waals surface area contributed by atoms with Crippen molar-refractivity contribution < 1.29 is 0 Å². The van der Waals surface area contributed by atoms with E-state index in [1.165, 1.54) is 22.3 Å². The quantitative estimate of drug-likeness (QED) is 0.568. The molecule has 0 saturated carbocycles. The van der Waals surface area contributed by atoms with Crippen LogP contribution >= 0.6 is 0 Å². The van der Waals surface area contributed by atoms with Gasteiger partial charge in [-0.25, -0.2) is 4.99 Å². The van der Waals surface area contributed by atoms with Crippen LogP contribution in [0.25, 0.3) is 0 Å². The summed E-state index contributed by atoms with van der Waals surface area (Å²) in [5.74, 6) is 0. The lowest BCUT2D eigenvalue weighted by atomic mass is 9.71. The van der Waals surface area contributed by atoms with Crippen LogP contribution in [0.15, 0.2) is 41.7 Å². The third-order valence-corrected chi connectivity index (χ3v) is 6.50. The summed E-state index contributed by atoms with van der Waals surface area (Å²) >= 11 is 0. The summed E-state index contributed by atoms with van der Waals surface area (Å²) in [6, 6.07) is 9.12. The van der Waals surface area contributed by atoms with Crippen molar-refractivity contribution in [2.24, 2.45) is 19.1 Å². The standard InChI is InChI=1S/C26H35N5/c1-16-12-18-22(20(13-16)27-7)29-23-19(26(18,5)6)14-17(25(2,3)4)15-21(23)28-24-30(8)10-11-31(24)9/h10-15,27,29H,1-9H3. The third kappa shape index (κ3) is 3.46. The van der Waals surface area contributed by atoms with E-state index in [2.05, 4.69) is 85.6 Å². The molecule has 0 fully saturated rings. The van der Waals surface area contributed by atoms with Gasteiger partial charge in [-0.05, 0) is 46.7 Å². The van der Waals surface area contributed by atoms with Gasteiger partial charge in [0.05, 0.1) is 22.7 Å². The second-order valence-electron chi connectivity index (χ2n) is 10.3. The van der Waals surface area contributed by atoms with Crippen molar-refractivity contribution in [2.45, 2.75) is 52.4 Å². The van der Waals surface area contributed by atoms with Crippen LogP contribution in [0.5, 0.6) is 0 Å². The van der Waals surface area contributed by atoms with E-state index >= 15 is 0 Å². The third-order valence-electron chi connectivity index (χ3n) is 6.50. The lowest BCUT2D eigenvalue weighted by Gasteiger charge is -2.38. The first-order chi connectivity index (χ1) is 14.4. The molecule has 0 spiro atoms. The molecule has 31 heavy (non-hydrogen) atoms. The fraction of sp³-hybridized carbons (Fsp3) is 0.423. The molecule has 0 bridgehead atoms. The van der Waals surface area contributed by atoms with Crippen LogP contribution in [0.2, 0.25) is 0 Å². The van der Waals surface area contributed by atoms with E-state index in [0.717, 1.165) is 28.4 Å². The first kappa shape index (κ1) is 21.3. The summed E-state index contributed by atoms with van der Waals surface area (Å²) in [4.78, 5) is 5.14. The van der Waals surface area contributed by atoms with Gasteiger partial charge < -0.3 is 19.8 Å². The average Bonchev–Trinajstić information content (AvgIpc) is 3.00. The molecule has 0 amide bonds. The molecule has 0 unspecified atom stereocenters. The zero-order valence-electron chi connectivity index (χ0n) is 20.3. The topological polar surface area (TPSA) is 46.3 Å². The van der Waals surface area contributed by atoms with Crippen LogP contribution < -0.4 is 16.3 Å². The van der Waals surface area contributed by atoms with Gasteiger partial charge in [-0.3, -0.25) is 0 Å². The number of benzene rings is 2. The van der Waals surface area contributed by atoms with Gasteiger partial charge in [0.15, 0.2) is 0 Å². The number of aromatic nitrogens is 2. The Hall–Kier alpha value is -2.95. The second kappa shape index (κ2) is 7.04. The Labute approximate surface area is 185 Å². The summed E-state index contributed by atoms with van der Waals surface area (Å²) in [5, 5.41) is 7.15. The largest absolute Gasteiger partial charge is 0.386 e. The maximum atomic E-state index is 5.14. The first-order valence-electron chi connectivity index (χ1n) is 10.9. The second-order valence-corrected chi connectivity index (χ2v) is 10.3. The molecule has 5 nitrogen and oxygen atoms in total. The highest BCUT2D eigenvalue weighted by atomic mass is 15.2. The minimum atomic E-state index is -0.157. The average molecular weight is 418 g/mol. The van der Waals surface area contributed by atoms with Gasteiger partial charge >= 0.3 is 0 Å². The van der Waals surface area contributed by atoms with Crippen LogP contribution in [0.3, 0.4) is 0 Å². The minimum absolute atomic E-state index is 0.0226. The fourth-order valence-electron chi connectivity index (χ4n) is 4.50. The molecule has 0 aliphatic carbocycles. The van der Waals surface area contributed by atoms with Crippen LogP contribution in [-0.2, 0) is 24.9 Å². The minimum Gasteiger partial charge on any atom is -0.386 e. The van der Waals surface area contributed by atoms with Crippen molar-refractivity contribution >= 4 is 22.7 Å². The summed E-state index contributed by atoms with van der Waals surface area (Å²) in [5.41, 5.74) is 10.2. The number of nitrogens with one attached hydrogen (secondary N) is 2. The normalized spacial score (nSPS) is 14.5. The van der Waals surface area contributed by atoms with E-state index in [9.17, 15) is 0 Å². The Morgan fingerprint density at radius 2 is 1.55 bits per heavy atom. The molecular formula is C26H35N5. The lowest BCUT2D eigenvalue weighted by Crippen LogP contribution is -2.28. The molecule has 1 aliphatic heterocycles. The molecular weight excluding hydrogens is 382 g/mol. The van der Waals surface area contributed by atoms with Gasteiger partial charge in [0.25, 0.3) is 0 Å². The predicted octanol–water partition coefficient (Wildman–Crippen LogP) is 5.63. The summed E-state index contributed by atoms with van der Waals surface area (Å²) in [7, 11) is 6.05.